The van der Waals surface area contributed by atoms with Gasteiger partial charge >= 0.3 is 0 Å². The van der Waals surface area contributed by atoms with Gasteiger partial charge in [-0.1, -0.05) is 11.8 Å². The number of anilines is 2. The number of thioether (sulfide) groups is 1. The Bertz CT molecular complexity index is 558. The molecule has 1 N–H and O–H groups in total. The lowest BCUT2D eigenvalue weighted by molar-refractivity contribution is 0.603. The second-order valence-corrected chi connectivity index (χ2v) is 7.99. The molecule has 1 aliphatic rings. The molecule has 0 aromatic carbocycles. The highest BCUT2D eigenvalue weighted by Crippen LogP contribution is 2.21. The van der Waals surface area contributed by atoms with Gasteiger partial charge in [0.15, 0.2) is 5.16 Å². The molecule has 0 spiro atoms. The lowest BCUT2D eigenvalue weighted by atomic mass is 10.4. The van der Waals surface area contributed by atoms with Gasteiger partial charge in [0.2, 0.25) is 11.9 Å². The van der Waals surface area contributed by atoms with Gasteiger partial charge in [-0.15, -0.1) is 0 Å². The van der Waals surface area contributed by atoms with Crippen molar-refractivity contribution in [1.29, 1.82) is 0 Å². The van der Waals surface area contributed by atoms with Crippen LogP contribution >= 0.6 is 11.8 Å². The van der Waals surface area contributed by atoms with Crippen LogP contribution in [0.15, 0.2) is 5.16 Å². The zero-order chi connectivity index (χ0) is 14.6. The molecule has 0 atom stereocenters. The van der Waals surface area contributed by atoms with Crippen molar-refractivity contribution < 1.29 is 8.42 Å². The van der Waals surface area contributed by atoms with Crippen molar-refractivity contribution in [3.05, 3.63) is 0 Å². The molecule has 7 nitrogen and oxygen atoms in total. The molecular formula is C11H19N5O2S2. The monoisotopic (exact) mass is 317 g/mol. The minimum Gasteiger partial charge on any atom is -0.357 e. The van der Waals surface area contributed by atoms with Crippen molar-refractivity contribution in [1.82, 2.24) is 15.0 Å². The molecule has 0 amide bonds. The van der Waals surface area contributed by atoms with E-state index < -0.39 is 9.84 Å². The Hall–Kier alpha value is -1.09. The van der Waals surface area contributed by atoms with Gasteiger partial charge in [-0.2, -0.15) is 15.0 Å². The highest BCUT2D eigenvalue weighted by molar-refractivity contribution is 8.00. The minimum atomic E-state index is -2.95. The molecule has 9 heteroatoms. The van der Waals surface area contributed by atoms with Gasteiger partial charge in [-0.05, 0) is 12.8 Å². The molecule has 20 heavy (non-hydrogen) atoms. The van der Waals surface area contributed by atoms with E-state index >= 15 is 0 Å². The van der Waals surface area contributed by atoms with Crippen molar-refractivity contribution in [2.24, 2.45) is 0 Å². The van der Waals surface area contributed by atoms with Crippen molar-refractivity contribution in [2.75, 3.05) is 48.1 Å². The van der Waals surface area contributed by atoms with Gasteiger partial charge in [-0.3, -0.25) is 0 Å². The first-order chi connectivity index (χ1) is 9.48. The molecular weight excluding hydrogens is 298 g/mol. The lowest BCUT2D eigenvalue weighted by Crippen LogP contribution is -2.21. The number of rotatable bonds is 6. The second-order valence-electron chi connectivity index (χ2n) is 4.66. The molecule has 1 aromatic heterocycles. The Balaban J connectivity index is 2.09. The SMILES string of the molecule is CNc1nc(SCCS(C)(=O)=O)nc(N2CCCC2)n1. The van der Waals surface area contributed by atoms with Gasteiger partial charge in [0, 0.05) is 32.1 Å². The van der Waals surface area contributed by atoms with Crippen LogP contribution < -0.4 is 10.2 Å². The molecule has 0 bridgehead atoms. The number of sulfone groups is 1. The maximum atomic E-state index is 11.1. The van der Waals surface area contributed by atoms with E-state index in [0.29, 0.717) is 22.8 Å². The first-order valence-corrected chi connectivity index (χ1v) is 9.52. The molecule has 0 aliphatic carbocycles. The predicted octanol–water partition coefficient (Wildman–Crippen LogP) is 0.650. The third kappa shape index (κ3) is 4.48. The Morgan fingerprint density at radius 3 is 2.55 bits per heavy atom. The van der Waals surface area contributed by atoms with E-state index in [1.54, 1.807) is 7.05 Å². The molecule has 0 radical (unpaired) electrons. The number of nitrogens with one attached hydrogen (secondary N) is 1. The lowest BCUT2D eigenvalue weighted by Gasteiger charge is -2.16. The number of aromatic nitrogens is 3. The summed E-state index contributed by atoms with van der Waals surface area (Å²) in [5, 5.41) is 3.48. The van der Waals surface area contributed by atoms with Gasteiger partial charge in [-0.25, -0.2) is 8.42 Å². The first kappa shape index (κ1) is 15.3. The van der Waals surface area contributed by atoms with Gasteiger partial charge in [0.05, 0.1) is 5.75 Å². The van der Waals surface area contributed by atoms with Gasteiger partial charge < -0.3 is 10.2 Å². The maximum absolute atomic E-state index is 11.1. The van der Waals surface area contributed by atoms with E-state index in [1.807, 2.05) is 0 Å². The van der Waals surface area contributed by atoms with E-state index in [2.05, 4.69) is 25.2 Å². The molecule has 0 saturated carbocycles. The molecule has 112 valence electrons. The molecule has 1 fully saturated rings. The normalized spacial score (nSPS) is 15.6. The van der Waals surface area contributed by atoms with Crippen LogP contribution in [0, 0.1) is 0 Å². The average Bonchev–Trinajstić information content (AvgIpc) is 2.90. The number of hydrogen-bond acceptors (Lipinski definition) is 8. The van der Waals surface area contributed by atoms with Crippen LogP contribution in [0.5, 0.6) is 0 Å². The molecule has 1 saturated heterocycles. The molecule has 0 unspecified atom stereocenters. The summed E-state index contributed by atoms with van der Waals surface area (Å²) in [4.78, 5) is 15.1. The van der Waals surface area contributed by atoms with E-state index in [0.717, 1.165) is 25.9 Å². The van der Waals surface area contributed by atoms with Crippen molar-refractivity contribution in [2.45, 2.75) is 18.0 Å². The van der Waals surface area contributed by atoms with E-state index in [-0.39, 0.29) is 5.75 Å². The summed E-state index contributed by atoms with van der Waals surface area (Å²) in [7, 11) is -1.20. The third-order valence-electron chi connectivity index (χ3n) is 2.90. The smallest absolute Gasteiger partial charge is 0.231 e. The summed E-state index contributed by atoms with van der Waals surface area (Å²) in [5.74, 6) is 1.76. The summed E-state index contributed by atoms with van der Waals surface area (Å²) in [6, 6.07) is 0. The fourth-order valence-corrected chi connectivity index (χ4v) is 3.89. The minimum absolute atomic E-state index is 0.122. The van der Waals surface area contributed by atoms with Crippen LogP contribution in [-0.2, 0) is 9.84 Å². The number of nitrogens with zero attached hydrogens (tertiary/aromatic N) is 4. The van der Waals surface area contributed by atoms with Crippen LogP contribution in [0.4, 0.5) is 11.9 Å². The van der Waals surface area contributed by atoms with Crippen LogP contribution in [0.1, 0.15) is 12.8 Å². The Kier molecular flexibility index (Phi) is 5.03. The summed E-state index contributed by atoms with van der Waals surface area (Å²) in [6.45, 7) is 1.92. The van der Waals surface area contributed by atoms with Crippen molar-refractivity contribution in [3.8, 4) is 0 Å². The standard InChI is InChI=1S/C11H19N5O2S2/c1-12-9-13-10(16-5-3-4-6-16)15-11(14-9)19-7-8-20(2,17)18/h3-8H2,1-2H3,(H,12,13,14,15). The largest absolute Gasteiger partial charge is 0.357 e. The molecule has 2 rings (SSSR count). The molecule has 1 aliphatic heterocycles. The summed E-state index contributed by atoms with van der Waals surface area (Å²) in [5.41, 5.74) is 0. The van der Waals surface area contributed by atoms with E-state index in [9.17, 15) is 8.42 Å². The van der Waals surface area contributed by atoms with Gasteiger partial charge in [0.25, 0.3) is 0 Å². The van der Waals surface area contributed by atoms with Crippen molar-refractivity contribution in [3.63, 3.8) is 0 Å². The maximum Gasteiger partial charge on any atom is 0.231 e. The summed E-state index contributed by atoms with van der Waals surface area (Å²) >= 11 is 1.34. The Morgan fingerprint density at radius 1 is 1.25 bits per heavy atom. The topological polar surface area (TPSA) is 88.1 Å². The van der Waals surface area contributed by atoms with Gasteiger partial charge in [0.1, 0.15) is 9.84 Å². The van der Waals surface area contributed by atoms with Crippen LogP contribution in [-0.4, -0.2) is 61.3 Å². The van der Waals surface area contributed by atoms with Crippen LogP contribution in [0.3, 0.4) is 0 Å². The Labute approximate surface area is 123 Å². The summed E-state index contributed by atoms with van der Waals surface area (Å²) in [6.07, 6.45) is 3.53. The first-order valence-electron chi connectivity index (χ1n) is 6.47. The zero-order valence-electron chi connectivity index (χ0n) is 11.7. The highest BCUT2D eigenvalue weighted by Gasteiger charge is 2.17. The van der Waals surface area contributed by atoms with Crippen LogP contribution in [0.2, 0.25) is 0 Å². The second kappa shape index (κ2) is 6.57. The molecule has 1 aromatic rings. The fraction of sp³-hybridized carbons (Fsp3) is 0.727. The molecule has 2 heterocycles. The fourth-order valence-electron chi connectivity index (χ4n) is 1.87. The third-order valence-corrected chi connectivity index (χ3v) is 4.95. The zero-order valence-corrected chi connectivity index (χ0v) is 13.3. The van der Waals surface area contributed by atoms with Crippen LogP contribution in [0.25, 0.3) is 0 Å². The Morgan fingerprint density at radius 2 is 1.95 bits per heavy atom. The quantitative estimate of drug-likeness (QED) is 0.765. The highest BCUT2D eigenvalue weighted by atomic mass is 32.2. The number of hydrogen-bond donors (Lipinski definition) is 1. The van der Waals surface area contributed by atoms with E-state index in [1.165, 1.54) is 18.0 Å². The van der Waals surface area contributed by atoms with Crippen molar-refractivity contribution >= 4 is 33.5 Å². The average molecular weight is 317 g/mol. The predicted molar refractivity (Wildman–Crippen MR) is 81.3 cm³/mol. The van der Waals surface area contributed by atoms with E-state index in [4.69, 9.17) is 0 Å². The summed E-state index contributed by atoms with van der Waals surface area (Å²) < 4.78 is 22.3.